The van der Waals surface area contributed by atoms with Crippen molar-refractivity contribution in [1.29, 1.82) is 0 Å². The number of nitrogens with one attached hydrogen (secondary N) is 3. The average molecular weight is 524 g/mol. The van der Waals surface area contributed by atoms with Gasteiger partial charge in [0.1, 0.15) is 25.1 Å². The number of anilines is 1. The van der Waals surface area contributed by atoms with Gasteiger partial charge in [-0.15, -0.1) is 0 Å². The van der Waals surface area contributed by atoms with Crippen molar-refractivity contribution >= 4 is 41.0 Å². The van der Waals surface area contributed by atoms with Gasteiger partial charge in [0.15, 0.2) is 35.6 Å². The first-order chi connectivity index (χ1) is 18.4. The smallest absolute Gasteiger partial charge is 0.322 e. The zero-order valence-corrected chi connectivity index (χ0v) is 20.2. The zero-order chi connectivity index (χ0) is 26.6. The molecular weight excluding hydrogens is 498 g/mol. The maximum atomic E-state index is 12.8. The normalized spacial score (nSPS) is 24.4. The average Bonchev–Trinajstić information content (AvgIpc) is 3.61. The molecule has 0 radical (unpaired) electrons. The summed E-state index contributed by atoms with van der Waals surface area (Å²) in [5.74, 6) is -1.66. The van der Waals surface area contributed by atoms with Gasteiger partial charge in [-0.1, -0.05) is 36.4 Å². The van der Waals surface area contributed by atoms with Crippen LogP contribution < -0.4 is 16.0 Å². The molecule has 0 aliphatic carbocycles. The number of urea groups is 1. The molecule has 3 amide bonds. The van der Waals surface area contributed by atoms with E-state index in [9.17, 15) is 14.4 Å². The van der Waals surface area contributed by atoms with E-state index in [0.29, 0.717) is 17.7 Å². The summed E-state index contributed by atoms with van der Waals surface area (Å²) in [4.78, 5) is 48.6. The monoisotopic (exact) mass is 523 g/mol. The topological polar surface area (TPSA) is 179 Å². The number of imidazole rings is 1. The molecular formula is C24H25N7O7. The van der Waals surface area contributed by atoms with Gasteiger partial charge in [-0.05, 0) is 18.6 Å². The van der Waals surface area contributed by atoms with Crippen molar-refractivity contribution in [3.8, 4) is 0 Å². The molecule has 38 heavy (non-hydrogen) atoms. The van der Waals surface area contributed by atoms with Crippen LogP contribution in [-0.2, 0) is 23.8 Å². The van der Waals surface area contributed by atoms with Gasteiger partial charge in [0.05, 0.1) is 6.33 Å². The summed E-state index contributed by atoms with van der Waals surface area (Å²) < 4.78 is 19.7. The van der Waals surface area contributed by atoms with Gasteiger partial charge in [0.25, 0.3) is 5.91 Å². The Bertz CT molecular complexity index is 1360. The van der Waals surface area contributed by atoms with E-state index in [2.05, 4.69) is 30.9 Å². The third kappa shape index (κ3) is 5.18. The highest BCUT2D eigenvalue weighted by Gasteiger charge is 2.56. The number of carbonyl (C=O) groups excluding carboxylic acids is 2. The number of hydrogen-bond donors (Lipinski definition) is 4. The second kappa shape index (κ2) is 10.9. The Kier molecular flexibility index (Phi) is 7.26. The summed E-state index contributed by atoms with van der Waals surface area (Å²) in [5.41, 5.74) is 1.57. The van der Waals surface area contributed by atoms with Crippen LogP contribution in [-0.4, -0.2) is 80.2 Å². The maximum Gasteiger partial charge on any atom is 0.322 e. The van der Waals surface area contributed by atoms with E-state index < -0.39 is 55.3 Å². The molecule has 2 aromatic heterocycles. The van der Waals surface area contributed by atoms with Gasteiger partial charge in [-0.3, -0.25) is 19.5 Å². The van der Waals surface area contributed by atoms with Crippen molar-refractivity contribution < 1.29 is 33.7 Å². The Labute approximate surface area is 216 Å². The minimum absolute atomic E-state index is 0.192. The second-order valence-corrected chi connectivity index (χ2v) is 8.43. The molecule has 2 fully saturated rings. The predicted molar refractivity (Wildman–Crippen MR) is 132 cm³/mol. The molecule has 4 N–H and O–H groups in total. The van der Waals surface area contributed by atoms with Gasteiger partial charge >= 0.3 is 12.0 Å². The molecule has 2 aliphatic heterocycles. The number of benzene rings is 1. The van der Waals surface area contributed by atoms with E-state index in [0.717, 1.165) is 5.56 Å². The lowest BCUT2D eigenvalue weighted by molar-refractivity contribution is -0.153. The fourth-order valence-corrected chi connectivity index (χ4v) is 4.26. The SMILES string of the molecule is CCNC(=O)Nc1ncnc2c1ncn2C1OC(C(=O)NCC(=O)O)C2O[C@H](/C=C/c3ccccc3)OC21. The number of carboxylic acids is 1. The fourth-order valence-electron chi connectivity index (χ4n) is 4.26. The lowest BCUT2D eigenvalue weighted by Crippen LogP contribution is -2.43. The molecule has 5 atom stereocenters. The van der Waals surface area contributed by atoms with Crippen LogP contribution in [0.4, 0.5) is 10.6 Å². The summed E-state index contributed by atoms with van der Waals surface area (Å²) in [6.45, 7) is 1.64. The number of carbonyl (C=O) groups is 3. The van der Waals surface area contributed by atoms with Crippen LogP contribution in [0, 0.1) is 0 Å². The summed E-state index contributed by atoms with van der Waals surface area (Å²) in [7, 11) is 0. The highest BCUT2D eigenvalue weighted by atomic mass is 16.8. The van der Waals surface area contributed by atoms with Crippen molar-refractivity contribution in [2.45, 2.75) is 37.8 Å². The first-order valence-electron chi connectivity index (χ1n) is 11.9. The van der Waals surface area contributed by atoms with Gasteiger partial charge in [0.2, 0.25) is 0 Å². The van der Waals surface area contributed by atoms with E-state index in [4.69, 9.17) is 19.3 Å². The molecule has 198 valence electrons. The van der Waals surface area contributed by atoms with Crippen molar-refractivity contribution in [3.63, 3.8) is 0 Å². The molecule has 1 aromatic carbocycles. The van der Waals surface area contributed by atoms with E-state index in [1.807, 2.05) is 36.4 Å². The van der Waals surface area contributed by atoms with Gasteiger partial charge in [-0.25, -0.2) is 19.7 Å². The maximum absolute atomic E-state index is 12.8. The number of carboxylic acid groups (broad SMARTS) is 1. The fraction of sp³-hybridized carbons (Fsp3) is 0.333. The summed E-state index contributed by atoms with van der Waals surface area (Å²) >= 11 is 0. The highest BCUT2D eigenvalue weighted by Crippen LogP contribution is 2.41. The molecule has 0 spiro atoms. The standard InChI is InChI=1S/C24H25N7O7/c1-2-25-24(35)30-20-16-21(28-11-27-20)31(12-29-16)23-19-17(18(38-23)22(34)26-10-14(32)33)36-15(37-19)9-8-13-6-4-3-5-7-13/h3-9,11-12,15,17-19,23H,2,10H2,1H3,(H,26,34)(H,32,33)(H2,25,27,28,30,35)/b9-8+/t15-,17?,18?,19?,23?/m0/s1. The van der Waals surface area contributed by atoms with Gasteiger partial charge in [-0.2, -0.15) is 0 Å². The molecule has 4 heterocycles. The Morgan fingerprint density at radius 1 is 1.05 bits per heavy atom. The third-order valence-electron chi connectivity index (χ3n) is 5.89. The Hall–Kier alpha value is -4.40. The Morgan fingerprint density at radius 2 is 1.84 bits per heavy atom. The third-order valence-corrected chi connectivity index (χ3v) is 5.89. The first kappa shape index (κ1) is 25.3. The van der Waals surface area contributed by atoms with E-state index >= 15 is 0 Å². The number of amides is 3. The molecule has 3 aromatic rings. The van der Waals surface area contributed by atoms with Crippen molar-refractivity contribution in [3.05, 3.63) is 54.6 Å². The molecule has 2 aliphatic rings. The van der Waals surface area contributed by atoms with Crippen LogP contribution in [0.25, 0.3) is 17.2 Å². The summed E-state index contributed by atoms with van der Waals surface area (Å²) in [5, 5.41) is 16.6. The lowest BCUT2D eigenvalue weighted by atomic mass is 10.1. The van der Waals surface area contributed by atoms with Crippen LogP contribution >= 0.6 is 0 Å². The van der Waals surface area contributed by atoms with Crippen molar-refractivity contribution in [1.82, 2.24) is 30.2 Å². The van der Waals surface area contributed by atoms with Crippen molar-refractivity contribution in [2.24, 2.45) is 0 Å². The van der Waals surface area contributed by atoms with E-state index in [1.165, 1.54) is 12.7 Å². The van der Waals surface area contributed by atoms with Crippen LogP contribution in [0.5, 0.6) is 0 Å². The number of rotatable bonds is 8. The number of nitrogens with zero attached hydrogens (tertiary/aromatic N) is 4. The molecule has 14 nitrogen and oxygen atoms in total. The quantitative estimate of drug-likeness (QED) is 0.331. The van der Waals surface area contributed by atoms with E-state index in [-0.39, 0.29) is 5.82 Å². The van der Waals surface area contributed by atoms with Crippen LogP contribution in [0.3, 0.4) is 0 Å². The number of fused-ring (bicyclic) bond motifs is 2. The van der Waals surface area contributed by atoms with Gasteiger partial charge < -0.3 is 30.0 Å². The number of hydrogen-bond acceptors (Lipinski definition) is 9. The van der Waals surface area contributed by atoms with Crippen LogP contribution in [0.1, 0.15) is 18.7 Å². The van der Waals surface area contributed by atoms with E-state index in [1.54, 1.807) is 17.6 Å². The Morgan fingerprint density at radius 3 is 2.61 bits per heavy atom. The minimum Gasteiger partial charge on any atom is -0.480 e. The number of aromatic nitrogens is 4. The largest absolute Gasteiger partial charge is 0.480 e. The van der Waals surface area contributed by atoms with Gasteiger partial charge in [0, 0.05) is 6.54 Å². The molecule has 0 bridgehead atoms. The number of ether oxygens (including phenoxy) is 3. The molecule has 0 saturated carbocycles. The van der Waals surface area contributed by atoms with Crippen LogP contribution in [0.15, 0.2) is 49.1 Å². The van der Waals surface area contributed by atoms with Crippen LogP contribution in [0.2, 0.25) is 0 Å². The summed E-state index contributed by atoms with van der Waals surface area (Å²) in [6.07, 6.45) is 1.82. The lowest BCUT2D eigenvalue weighted by Gasteiger charge is -2.20. The zero-order valence-electron chi connectivity index (χ0n) is 20.2. The highest BCUT2D eigenvalue weighted by molar-refractivity contribution is 5.95. The number of aliphatic carboxylic acids is 1. The second-order valence-electron chi connectivity index (χ2n) is 8.43. The Balaban J connectivity index is 1.43. The summed E-state index contributed by atoms with van der Waals surface area (Å²) in [6, 6.07) is 9.10. The van der Waals surface area contributed by atoms with Crippen molar-refractivity contribution in [2.75, 3.05) is 18.4 Å². The molecule has 14 heteroatoms. The molecule has 5 rings (SSSR count). The first-order valence-corrected chi connectivity index (χ1v) is 11.9. The molecule has 2 saturated heterocycles. The predicted octanol–water partition coefficient (Wildman–Crippen LogP) is 0.889. The molecule has 4 unspecified atom stereocenters. The minimum atomic E-state index is -1.19.